The molecule has 4 nitrogen and oxygen atoms in total. The van der Waals surface area contributed by atoms with Crippen LogP contribution in [0.1, 0.15) is 59.8 Å². The Balaban J connectivity index is 1.62. The van der Waals surface area contributed by atoms with Gasteiger partial charge in [0.1, 0.15) is 5.60 Å². The zero-order valence-electron chi connectivity index (χ0n) is 14.2. The number of ether oxygens (including phenoxy) is 1. The molecule has 1 saturated carbocycles. The Hall–Kier alpha value is -0.770. The van der Waals surface area contributed by atoms with Crippen molar-refractivity contribution < 1.29 is 9.53 Å². The molecule has 1 saturated heterocycles. The van der Waals surface area contributed by atoms with Crippen LogP contribution in [0.4, 0.5) is 4.79 Å². The van der Waals surface area contributed by atoms with Crippen molar-refractivity contribution in [1.29, 1.82) is 0 Å². The summed E-state index contributed by atoms with van der Waals surface area (Å²) in [4.78, 5) is 13.9. The summed E-state index contributed by atoms with van der Waals surface area (Å²) in [6, 6.07) is 0. The molecule has 1 amide bonds. The number of carbonyl (C=O) groups is 1. The molecule has 1 N–H and O–H groups in total. The zero-order chi connectivity index (χ0) is 15.5. The van der Waals surface area contributed by atoms with Gasteiger partial charge in [0.15, 0.2) is 0 Å². The van der Waals surface area contributed by atoms with Gasteiger partial charge < -0.3 is 15.0 Å². The first kappa shape index (κ1) is 16.6. The molecule has 1 aliphatic heterocycles. The Labute approximate surface area is 129 Å². The molecule has 122 valence electrons. The highest BCUT2D eigenvalue weighted by molar-refractivity contribution is 5.68. The van der Waals surface area contributed by atoms with Crippen molar-refractivity contribution in [3.8, 4) is 0 Å². The highest BCUT2D eigenvalue weighted by Gasteiger charge is 2.32. The summed E-state index contributed by atoms with van der Waals surface area (Å²) in [5, 5.41) is 3.65. The van der Waals surface area contributed by atoms with Crippen molar-refractivity contribution in [3.05, 3.63) is 0 Å². The second kappa shape index (κ2) is 6.55. The molecule has 0 aromatic heterocycles. The topological polar surface area (TPSA) is 41.6 Å². The van der Waals surface area contributed by atoms with E-state index in [9.17, 15) is 4.79 Å². The number of likely N-dealkylation sites (tertiary alicyclic amines) is 1. The van der Waals surface area contributed by atoms with Crippen LogP contribution in [0.25, 0.3) is 0 Å². The van der Waals surface area contributed by atoms with Gasteiger partial charge in [-0.05, 0) is 64.3 Å². The average molecular weight is 296 g/mol. The minimum absolute atomic E-state index is 0.157. The Morgan fingerprint density at radius 3 is 2.38 bits per heavy atom. The molecule has 0 aromatic rings. The number of amides is 1. The molecule has 1 aliphatic carbocycles. The first-order valence-electron chi connectivity index (χ1n) is 8.46. The first-order valence-corrected chi connectivity index (χ1v) is 8.46. The van der Waals surface area contributed by atoms with E-state index in [1.165, 1.54) is 19.3 Å². The third-order valence-electron chi connectivity index (χ3n) is 4.81. The molecule has 0 bridgehead atoms. The molecule has 2 fully saturated rings. The molecule has 0 radical (unpaired) electrons. The summed E-state index contributed by atoms with van der Waals surface area (Å²) >= 11 is 0. The van der Waals surface area contributed by atoms with Crippen molar-refractivity contribution in [2.24, 2.45) is 11.3 Å². The van der Waals surface area contributed by atoms with Gasteiger partial charge in [-0.2, -0.15) is 0 Å². The van der Waals surface area contributed by atoms with Crippen molar-refractivity contribution in [2.75, 3.05) is 26.2 Å². The van der Waals surface area contributed by atoms with Gasteiger partial charge in [-0.1, -0.05) is 13.3 Å². The van der Waals surface area contributed by atoms with Gasteiger partial charge in [0, 0.05) is 19.6 Å². The summed E-state index contributed by atoms with van der Waals surface area (Å²) in [7, 11) is 0. The lowest BCUT2D eigenvalue weighted by molar-refractivity contribution is 0.0182. The molecule has 0 spiro atoms. The van der Waals surface area contributed by atoms with Gasteiger partial charge in [-0.25, -0.2) is 4.79 Å². The summed E-state index contributed by atoms with van der Waals surface area (Å²) in [5.74, 6) is 0.701. The van der Waals surface area contributed by atoms with E-state index in [-0.39, 0.29) is 6.09 Å². The van der Waals surface area contributed by atoms with Crippen LogP contribution in [0.15, 0.2) is 0 Å². The minimum Gasteiger partial charge on any atom is -0.444 e. The van der Waals surface area contributed by atoms with E-state index in [0.29, 0.717) is 11.3 Å². The van der Waals surface area contributed by atoms with Crippen LogP contribution >= 0.6 is 0 Å². The molecule has 21 heavy (non-hydrogen) atoms. The highest BCUT2D eigenvalue weighted by atomic mass is 16.6. The largest absolute Gasteiger partial charge is 0.444 e. The van der Waals surface area contributed by atoms with Gasteiger partial charge >= 0.3 is 6.09 Å². The Kier molecular flexibility index (Phi) is 5.18. The summed E-state index contributed by atoms with van der Waals surface area (Å²) in [6.07, 6.45) is 6.16. The fraction of sp³-hybridized carbons (Fsp3) is 0.941. The van der Waals surface area contributed by atoms with Crippen LogP contribution in [-0.4, -0.2) is 42.8 Å². The third kappa shape index (κ3) is 5.17. The van der Waals surface area contributed by atoms with E-state index >= 15 is 0 Å². The second-order valence-electron chi connectivity index (χ2n) is 8.21. The van der Waals surface area contributed by atoms with Crippen LogP contribution in [-0.2, 0) is 4.74 Å². The molecular formula is C17H32N2O2. The number of hydrogen-bond acceptors (Lipinski definition) is 3. The SMILES string of the molecule is CC1(CNCC2CCN(C(=O)OC(C)(C)C)CC2)CCC1. The van der Waals surface area contributed by atoms with Crippen LogP contribution in [0.3, 0.4) is 0 Å². The van der Waals surface area contributed by atoms with Crippen molar-refractivity contribution in [2.45, 2.75) is 65.4 Å². The third-order valence-corrected chi connectivity index (χ3v) is 4.81. The normalized spacial score (nSPS) is 22.8. The summed E-state index contributed by atoms with van der Waals surface area (Å²) in [5.41, 5.74) is 0.158. The molecule has 0 aromatic carbocycles. The van der Waals surface area contributed by atoms with Gasteiger partial charge in [0.2, 0.25) is 0 Å². The lowest BCUT2D eigenvalue weighted by Gasteiger charge is -2.39. The Morgan fingerprint density at radius 1 is 1.29 bits per heavy atom. The molecular weight excluding hydrogens is 264 g/mol. The van der Waals surface area contributed by atoms with Gasteiger partial charge in [-0.3, -0.25) is 0 Å². The smallest absolute Gasteiger partial charge is 0.410 e. The van der Waals surface area contributed by atoms with Crippen molar-refractivity contribution in [3.63, 3.8) is 0 Å². The van der Waals surface area contributed by atoms with E-state index in [1.807, 2.05) is 25.7 Å². The molecule has 0 atom stereocenters. The Morgan fingerprint density at radius 2 is 1.90 bits per heavy atom. The van der Waals surface area contributed by atoms with E-state index < -0.39 is 5.60 Å². The lowest BCUT2D eigenvalue weighted by atomic mass is 9.70. The number of piperidine rings is 1. The summed E-state index contributed by atoms with van der Waals surface area (Å²) in [6.45, 7) is 12.1. The van der Waals surface area contributed by atoms with E-state index in [2.05, 4.69) is 12.2 Å². The molecule has 2 aliphatic rings. The molecule has 4 heteroatoms. The molecule has 0 unspecified atom stereocenters. The first-order chi connectivity index (χ1) is 9.77. The van der Waals surface area contributed by atoms with Gasteiger partial charge in [-0.15, -0.1) is 0 Å². The van der Waals surface area contributed by atoms with Crippen molar-refractivity contribution in [1.82, 2.24) is 10.2 Å². The number of rotatable bonds is 4. The van der Waals surface area contributed by atoms with Crippen LogP contribution in [0.5, 0.6) is 0 Å². The maximum absolute atomic E-state index is 12.0. The van der Waals surface area contributed by atoms with E-state index in [1.54, 1.807) is 0 Å². The number of nitrogens with zero attached hydrogens (tertiary/aromatic N) is 1. The van der Waals surface area contributed by atoms with Crippen LogP contribution < -0.4 is 5.32 Å². The second-order valence-corrected chi connectivity index (χ2v) is 8.21. The standard InChI is InChI=1S/C17H32N2O2/c1-16(2,3)21-15(20)19-10-6-14(7-11-19)12-18-13-17(4)8-5-9-17/h14,18H,5-13H2,1-4H3. The maximum atomic E-state index is 12.0. The fourth-order valence-electron chi connectivity index (χ4n) is 3.18. The monoisotopic (exact) mass is 296 g/mol. The highest BCUT2D eigenvalue weighted by Crippen LogP contribution is 2.39. The predicted octanol–water partition coefficient (Wildman–Crippen LogP) is 3.41. The van der Waals surface area contributed by atoms with Crippen LogP contribution in [0.2, 0.25) is 0 Å². The lowest BCUT2D eigenvalue weighted by Crippen LogP contribution is -2.44. The summed E-state index contributed by atoms with van der Waals surface area (Å²) < 4.78 is 5.43. The maximum Gasteiger partial charge on any atom is 0.410 e. The van der Waals surface area contributed by atoms with Crippen molar-refractivity contribution >= 4 is 6.09 Å². The fourth-order valence-corrected chi connectivity index (χ4v) is 3.18. The van der Waals surface area contributed by atoms with E-state index in [4.69, 9.17) is 4.74 Å². The van der Waals surface area contributed by atoms with Crippen LogP contribution in [0, 0.1) is 11.3 Å². The van der Waals surface area contributed by atoms with Gasteiger partial charge in [0.25, 0.3) is 0 Å². The number of hydrogen-bond donors (Lipinski definition) is 1. The molecule has 2 rings (SSSR count). The minimum atomic E-state index is -0.395. The number of nitrogens with one attached hydrogen (secondary N) is 1. The van der Waals surface area contributed by atoms with E-state index in [0.717, 1.165) is 39.0 Å². The molecule has 1 heterocycles. The zero-order valence-corrected chi connectivity index (χ0v) is 14.2. The van der Waals surface area contributed by atoms with Gasteiger partial charge in [0.05, 0.1) is 0 Å². The predicted molar refractivity (Wildman–Crippen MR) is 85.4 cm³/mol. The quantitative estimate of drug-likeness (QED) is 0.864. The number of carbonyl (C=O) groups excluding carboxylic acids is 1. The Bertz CT molecular complexity index is 350. The average Bonchev–Trinajstić information content (AvgIpc) is 2.35.